The van der Waals surface area contributed by atoms with Gasteiger partial charge in [-0.05, 0) is 12.1 Å². The number of nitrogens with one attached hydrogen (secondary N) is 2. The van der Waals surface area contributed by atoms with Crippen molar-refractivity contribution in [2.75, 3.05) is 18.9 Å². The van der Waals surface area contributed by atoms with Crippen LogP contribution >= 0.6 is 0 Å². The van der Waals surface area contributed by atoms with E-state index in [4.69, 9.17) is 9.47 Å². The van der Waals surface area contributed by atoms with Gasteiger partial charge in [0.25, 0.3) is 10.0 Å². The third-order valence-electron chi connectivity index (χ3n) is 2.41. The molecule has 0 aliphatic carbocycles. The first-order valence-electron chi connectivity index (χ1n) is 5.30. The van der Waals surface area contributed by atoms with Crippen molar-refractivity contribution in [1.29, 1.82) is 0 Å². The van der Waals surface area contributed by atoms with Gasteiger partial charge in [0.1, 0.15) is 16.4 Å². The Morgan fingerprint density at radius 1 is 1.26 bits per heavy atom. The Labute approximate surface area is 110 Å². The molecule has 7 nitrogen and oxygen atoms in total. The molecule has 0 amide bonds. The summed E-state index contributed by atoms with van der Waals surface area (Å²) in [5, 5.41) is 6.19. The molecular weight excluding hydrogens is 270 g/mol. The molecule has 0 aliphatic rings. The summed E-state index contributed by atoms with van der Waals surface area (Å²) in [7, 11) is -0.912. The maximum atomic E-state index is 12.3. The van der Waals surface area contributed by atoms with E-state index in [0.29, 0.717) is 11.4 Å². The summed E-state index contributed by atoms with van der Waals surface area (Å²) in [5.74, 6) is 0.658. The van der Waals surface area contributed by atoms with Gasteiger partial charge in [-0.1, -0.05) is 0 Å². The van der Waals surface area contributed by atoms with Gasteiger partial charge in [0.2, 0.25) is 0 Å². The van der Waals surface area contributed by atoms with Crippen LogP contribution < -0.4 is 14.2 Å². The first kappa shape index (κ1) is 13.2. The fraction of sp³-hybridized carbons (Fsp3) is 0.182. The zero-order chi connectivity index (χ0) is 13.9. The fourth-order valence-electron chi connectivity index (χ4n) is 1.51. The van der Waals surface area contributed by atoms with Crippen LogP contribution in [-0.4, -0.2) is 32.8 Å². The van der Waals surface area contributed by atoms with E-state index in [0.717, 1.165) is 0 Å². The Kier molecular flexibility index (Phi) is 3.61. The van der Waals surface area contributed by atoms with Gasteiger partial charge in [0.05, 0.1) is 26.1 Å². The van der Waals surface area contributed by atoms with Crippen LogP contribution in [0.5, 0.6) is 11.5 Å². The largest absolute Gasteiger partial charge is 0.497 e. The summed E-state index contributed by atoms with van der Waals surface area (Å²) in [4.78, 5) is -0.00412. The molecule has 19 heavy (non-hydrogen) atoms. The maximum Gasteiger partial charge on any atom is 0.265 e. The number of ether oxygens (including phenoxy) is 2. The van der Waals surface area contributed by atoms with Gasteiger partial charge in [-0.3, -0.25) is 9.82 Å². The number of anilines is 1. The lowest BCUT2D eigenvalue weighted by atomic mass is 10.3. The minimum atomic E-state index is -3.77. The van der Waals surface area contributed by atoms with Crippen LogP contribution in [-0.2, 0) is 10.0 Å². The first-order valence-corrected chi connectivity index (χ1v) is 6.79. The molecule has 0 bridgehead atoms. The zero-order valence-electron chi connectivity index (χ0n) is 10.4. The number of hydrogen-bond acceptors (Lipinski definition) is 5. The van der Waals surface area contributed by atoms with Crippen molar-refractivity contribution in [3.63, 3.8) is 0 Å². The topological polar surface area (TPSA) is 93.3 Å². The number of aromatic nitrogens is 2. The van der Waals surface area contributed by atoms with E-state index in [-0.39, 0.29) is 10.6 Å². The normalized spacial score (nSPS) is 11.1. The van der Waals surface area contributed by atoms with Crippen molar-refractivity contribution >= 4 is 15.7 Å². The molecule has 102 valence electrons. The third kappa shape index (κ3) is 2.79. The number of rotatable bonds is 5. The molecule has 2 rings (SSSR count). The highest BCUT2D eigenvalue weighted by Gasteiger charge is 2.21. The van der Waals surface area contributed by atoms with Crippen molar-refractivity contribution < 1.29 is 17.9 Å². The summed E-state index contributed by atoms with van der Waals surface area (Å²) < 4.78 is 37.0. The van der Waals surface area contributed by atoms with Gasteiger partial charge in [0, 0.05) is 12.3 Å². The molecular formula is C11H13N3O4S. The molecule has 0 saturated carbocycles. The lowest BCUT2D eigenvalue weighted by molar-refractivity contribution is 0.392. The highest BCUT2D eigenvalue weighted by Crippen LogP contribution is 2.29. The number of methoxy groups -OCH3 is 2. The van der Waals surface area contributed by atoms with Crippen molar-refractivity contribution in [3.8, 4) is 11.5 Å². The van der Waals surface area contributed by atoms with Gasteiger partial charge in [-0.25, -0.2) is 8.42 Å². The summed E-state index contributed by atoms with van der Waals surface area (Å²) in [6.07, 6.45) is 2.80. The molecule has 0 unspecified atom stereocenters. The van der Waals surface area contributed by atoms with Gasteiger partial charge in [0.15, 0.2) is 0 Å². The van der Waals surface area contributed by atoms with Crippen molar-refractivity contribution in [2.45, 2.75) is 4.90 Å². The standard InChI is InChI=1S/C11H13N3O4S/c1-17-9-3-4-10(18-2)11(5-9)19(15,16)14-8-6-12-13-7-8/h3-7,14H,1-2H3,(H,12,13). The second-order valence-corrected chi connectivity index (χ2v) is 5.26. The van der Waals surface area contributed by atoms with E-state index < -0.39 is 10.0 Å². The fourth-order valence-corrected chi connectivity index (χ4v) is 2.73. The lowest BCUT2D eigenvalue weighted by Gasteiger charge is -2.11. The van der Waals surface area contributed by atoms with Crippen LogP contribution in [0.4, 0.5) is 5.69 Å². The van der Waals surface area contributed by atoms with E-state index in [1.54, 1.807) is 6.07 Å². The van der Waals surface area contributed by atoms with Gasteiger partial charge in [-0.15, -0.1) is 0 Å². The first-order chi connectivity index (χ1) is 9.06. The molecule has 0 atom stereocenters. The van der Waals surface area contributed by atoms with E-state index in [9.17, 15) is 8.42 Å². The predicted molar refractivity (Wildman–Crippen MR) is 68.9 cm³/mol. The summed E-state index contributed by atoms with van der Waals surface area (Å²) >= 11 is 0. The number of hydrogen-bond donors (Lipinski definition) is 2. The molecule has 0 spiro atoms. The lowest BCUT2D eigenvalue weighted by Crippen LogP contribution is -2.13. The average molecular weight is 283 g/mol. The molecule has 8 heteroatoms. The van der Waals surface area contributed by atoms with E-state index in [1.807, 2.05) is 0 Å². The van der Waals surface area contributed by atoms with Crippen LogP contribution in [0.1, 0.15) is 0 Å². The second kappa shape index (κ2) is 5.19. The minimum absolute atomic E-state index is 0.00412. The SMILES string of the molecule is COc1ccc(OC)c(S(=O)(=O)Nc2cn[nH]c2)c1. The molecule has 2 aromatic rings. The number of benzene rings is 1. The molecule has 1 heterocycles. The van der Waals surface area contributed by atoms with Crippen LogP contribution in [0.2, 0.25) is 0 Å². The molecule has 0 radical (unpaired) electrons. The highest BCUT2D eigenvalue weighted by molar-refractivity contribution is 7.92. The van der Waals surface area contributed by atoms with Crippen LogP contribution in [0.25, 0.3) is 0 Å². The molecule has 1 aromatic carbocycles. The Hall–Kier alpha value is -2.22. The molecule has 0 saturated heterocycles. The minimum Gasteiger partial charge on any atom is -0.497 e. The van der Waals surface area contributed by atoms with Crippen LogP contribution in [0.3, 0.4) is 0 Å². The van der Waals surface area contributed by atoms with Crippen molar-refractivity contribution in [3.05, 3.63) is 30.6 Å². The number of nitrogens with zero attached hydrogens (tertiary/aromatic N) is 1. The highest BCUT2D eigenvalue weighted by atomic mass is 32.2. The van der Waals surface area contributed by atoms with Crippen LogP contribution in [0.15, 0.2) is 35.5 Å². The smallest absolute Gasteiger partial charge is 0.265 e. The Bertz CT molecular complexity index is 653. The van der Waals surface area contributed by atoms with Crippen molar-refractivity contribution in [2.24, 2.45) is 0 Å². The van der Waals surface area contributed by atoms with E-state index in [2.05, 4.69) is 14.9 Å². The van der Waals surface area contributed by atoms with E-state index >= 15 is 0 Å². The number of sulfonamides is 1. The van der Waals surface area contributed by atoms with Gasteiger partial charge < -0.3 is 9.47 Å². The third-order valence-corrected chi connectivity index (χ3v) is 3.81. The quantitative estimate of drug-likeness (QED) is 0.860. The maximum absolute atomic E-state index is 12.3. The molecule has 1 aromatic heterocycles. The van der Waals surface area contributed by atoms with Gasteiger partial charge in [-0.2, -0.15) is 5.10 Å². The predicted octanol–water partition coefficient (Wildman–Crippen LogP) is 1.23. The number of H-pyrrole nitrogens is 1. The van der Waals surface area contributed by atoms with Crippen molar-refractivity contribution in [1.82, 2.24) is 10.2 Å². The van der Waals surface area contributed by atoms with Gasteiger partial charge >= 0.3 is 0 Å². The molecule has 2 N–H and O–H groups in total. The molecule has 0 fully saturated rings. The zero-order valence-corrected chi connectivity index (χ0v) is 11.2. The average Bonchev–Trinajstić information content (AvgIpc) is 2.90. The number of aromatic amines is 1. The van der Waals surface area contributed by atoms with E-state index in [1.165, 1.54) is 38.7 Å². The summed E-state index contributed by atoms with van der Waals surface area (Å²) in [6, 6.07) is 4.54. The van der Waals surface area contributed by atoms with Crippen LogP contribution in [0, 0.1) is 0 Å². The summed E-state index contributed by atoms with van der Waals surface area (Å²) in [5.41, 5.74) is 0.338. The Morgan fingerprint density at radius 2 is 2.05 bits per heavy atom. The molecule has 0 aliphatic heterocycles. The monoisotopic (exact) mass is 283 g/mol. The summed E-state index contributed by atoms with van der Waals surface area (Å²) in [6.45, 7) is 0. The Balaban J connectivity index is 2.43. The second-order valence-electron chi connectivity index (χ2n) is 3.61. The Morgan fingerprint density at radius 3 is 2.63 bits per heavy atom.